The lowest BCUT2D eigenvalue weighted by molar-refractivity contribution is -0.402. The number of nitro groups is 1. The SMILES string of the molecule is CCNC(Cc1cccc(Cl)c1)c1ccc([N+](=O)[O-])o1. The molecule has 0 bridgehead atoms. The molecule has 1 heterocycles. The lowest BCUT2D eigenvalue weighted by atomic mass is 10.0. The number of nitrogens with zero attached hydrogens (tertiary/aromatic N) is 1. The van der Waals surface area contributed by atoms with Crippen molar-refractivity contribution >= 4 is 17.5 Å². The first-order valence-corrected chi connectivity index (χ1v) is 6.70. The van der Waals surface area contributed by atoms with Crippen LogP contribution < -0.4 is 5.32 Å². The Morgan fingerprint density at radius 1 is 1.40 bits per heavy atom. The predicted molar refractivity (Wildman–Crippen MR) is 76.9 cm³/mol. The van der Waals surface area contributed by atoms with Crippen LogP contribution in [0.3, 0.4) is 0 Å². The van der Waals surface area contributed by atoms with Gasteiger partial charge in [-0.05, 0) is 36.7 Å². The highest BCUT2D eigenvalue weighted by Gasteiger charge is 2.19. The van der Waals surface area contributed by atoms with Crippen molar-refractivity contribution < 1.29 is 9.34 Å². The second-order valence-corrected chi connectivity index (χ2v) is 4.81. The van der Waals surface area contributed by atoms with Crippen molar-refractivity contribution in [3.8, 4) is 0 Å². The topological polar surface area (TPSA) is 68.3 Å². The molecule has 1 atom stereocenters. The summed E-state index contributed by atoms with van der Waals surface area (Å²) in [6, 6.07) is 10.4. The van der Waals surface area contributed by atoms with Crippen LogP contribution in [0.2, 0.25) is 5.02 Å². The Bertz CT molecular complexity index is 598. The van der Waals surface area contributed by atoms with Crippen molar-refractivity contribution in [1.29, 1.82) is 0 Å². The molecule has 0 aliphatic rings. The average molecular weight is 295 g/mol. The normalized spacial score (nSPS) is 12.3. The van der Waals surface area contributed by atoms with E-state index in [9.17, 15) is 10.1 Å². The summed E-state index contributed by atoms with van der Waals surface area (Å²) in [6.07, 6.45) is 0.652. The van der Waals surface area contributed by atoms with Crippen molar-refractivity contribution in [2.75, 3.05) is 6.54 Å². The Hall–Kier alpha value is -1.85. The Labute approximate surface area is 121 Å². The minimum atomic E-state index is -0.536. The number of hydrogen-bond acceptors (Lipinski definition) is 4. The molecule has 0 amide bonds. The van der Waals surface area contributed by atoms with Crippen LogP contribution in [0.15, 0.2) is 40.8 Å². The summed E-state index contributed by atoms with van der Waals surface area (Å²) in [5, 5.41) is 14.6. The van der Waals surface area contributed by atoms with E-state index in [2.05, 4.69) is 5.32 Å². The van der Waals surface area contributed by atoms with Gasteiger partial charge in [0.1, 0.15) is 10.7 Å². The molecule has 5 nitrogen and oxygen atoms in total. The van der Waals surface area contributed by atoms with E-state index in [1.807, 2.05) is 31.2 Å². The standard InChI is InChI=1S/C14H15ClN2O3/c1-2-16-12(9-10-4-3-5-11(15)8-10)13-6-7-14(20-13)17(18)19/h3-8,12,16H,2,9H2,1H3. The summed E-state index contributed by atoms with van der Waals surface area (Å²) in [7, 11) is 0. The summed E-state index contributed by atoms with van der Waals surface area (Å²) in [5.74, 6) is 0.313. The molecule has 0 spiro atoms. The molecule has 2 rings (SSSR count). The van der Waals surface area contributed by atoms with E-state index >= 15 is 0 Å². The zero-order chi connectivity index (χ0) is 14.5. The van der Waals surface area contributed by atoms with Gasteiger partial charge in [-0.25, -0.2) is 0 Å². The molecule has 1 N–H and O–H groups in total. The third kappa shape index (κ3) is 3.59. The molecule has 20 heavy (non-hydrogen) atoms. The highest BCUT2D eigenvalue weighted by molar-refractivity contribution is 6.30. The van der Waals surface area contributed by atoms with Crippen LogP contribution in [0.1, 0.15) is 24.3 Å². The quantitative estimate of drug-likeness (QED) is 0.651. The van der Waals surface area contributed by atoms with Crippen molar-refractivity contribution in [3.05, 3.63) is 62.9 Å². The summed E-state index contributed by atoms with van der Waals surface area (Å²) in [6.45, 7) is 2.71. The molecular formula is C14H15ClN2O3. The summed E-state index contributed by atoms with van der Waals surface area (Å²) in [5.41, 5.74) is 1.04. The van der Waals surface area contributed by atoms with Crippen LogP contribution in [-0.2, 0) is 6.42 Å². The van der Waals surface area contributed by atoms with Gasteiger partial charge in [0.15, 0.2) is 0 Å². The van der Waals surface area contributed by atoms with Gasteiger partial charge in [0.05, 0.1) is 12.1 Å². The second kappa shape index (κ2) is 6.54. The molecule has 6 heteroatoms. The number of halogens is 1. The van der Waals surface area contributed by atoms with Gasteiger partial charge in [-0.1, -0.05) is 30.7 Å². The molecule has 0 fully saturated rings. The molecule has 1 unspecified atom stereocenters. The first-order valence-electron chi connectivity index (χ1n) is 6.32. The van der Waals surface area contributed by atoms with Crippen molar-refractivity contribution in [1.82, 2.24) is 5.32 Å². The van der Waals surface area contributed by atoms with Gasteiger partial charge in [0, 0.05) is 5.02 Å². The van der Waals surface area contributed by atoms with Gasteiger partial charge < -0.3 is 9.73 Å². The fourth-order valence-corrected chi connectivity index (χ4v) is 2.26. The molecular weight excluding hydrogens is 280 g/mol. The Balaban J connectivity index is 2.19. The Kier molecular flexibility index (Phi) is 4.76. The van der Waals surface area contributed by atoms with E-state index in [4.69, 9.17) is 16.0 Å². The van der Waals surface area contributed by atoms with E-state index in [1.54, 1.807) is 6.07 Å². The fraction of sp³-hybridized carbons (Fsp3) is 0.286. The molecule has 0 radical (unpaired) electrons. The highest BCUT2D eigenvalue weighted by atomic mass is 35.5. The van der Waals surface area contributed by atoms with E-state index < -0.39 is 4.92 Å². The van der Waals surface area contributed by atoms with E-state index in [0.717, 1.165) is 12.1 Å². The number of likely N-dealkylation sites (N-methyl/N-ethyl adjacent to an activating group) is 1. The predicted octanol–water partition coefficient (Wildman–Crippen LogP) is 3.73. The lowest BCUT2D eigenvalue weighted by Gasteiger charge is -2.15. The summed E-state index contributed by atoms with van der Waals surface area (Å²) < 4.78 is 5.27. The minimum absolute atomic E-state index is 0.118. The van der Waals surface area contributed by atoms with Gasteiger partial charge in [-0.2, -0.15) is 0 Å². The number of furan rings is 1. The number of hydrogen-bond donors (Lipinski definition) is 1. The molecule has 1 aromatic carbocycles. The molecule has 0 saturated carbocycles. The third-order valence-corrected chi connectivity index (χ3v) is 3.15. The smallest absolute Gasteiger partial charge is 0.404 e. The van der Waals surface area contributed by atoms with Gasteiger partial charge in [0.2, 0.25) is 0 Å². The first-order chi connectivity index (χ1) is 9.60. The van der Waals surface area contributed by atoms with Crippen LogP contribution >= 0.6 is 11.6 Å². The van der Waals surface area contributed by atoms with Crippen molar-refractivity contribution in [2.24, 2.45) is 0 Å². The Morgan fingerprint density at radius 3 is 2.80 bits per heavy atom. The van der Waals surface area contributed by atoms with Crippen LogP contribution in [0.5, 0.6) is 0 Å². The van der Waals surface area contributed by atoms with Crippen molar-refractivity contribution in [2.45, 2.75) is 19.4 Å². The summed E-state index contributed by atoms with van der Waals surface area (Å²) >= 11 is 5.96. The molecule has 0 aliphatic carbocycles. The molecule has 2 aromatic rings. The molecule has 0 aliphatic heterocycles. The average Bonchev–Trinajstić information content (AvgIpc) is 2.88. The van der Waals surface area contributed by atoms with E-state index in [0.29, 0.717) is 17.2 Å². The first kappa shape index (κ1) is 14.6. The minimum Gasteiger partial charge on any atom is -0.404 e. The largest absolute Gasteiger partial charge is 0.433 e. The van der Waals surface area contributed by atoms with E-state index in [-0.39, 0.29) is 11.9 Å². The van der Waals surface area contributed by atoms with Crippen LogP contribution in [0.25, 0.3) is 0 Å². The molecule has 0 saturated heterocycles. The number of rotatable bonds is 6. The Morgan fingerprint density at radius 2 is 2.20 bits per heavy atom. The molecule has 106 valence electrons. The van der Waals surface area contributed by atoms with Crippen molar-refractivity contribution in [3.63, 3.8) is 0 Å². The van der Waals surface area contributed by atoms with Crippen LogP contribution in [-0.4, -0.2) is 11.5 Å². The van der Waals surface area contributed by atoms with E-state index in [1.165, 1.54) is 6.07 Å². The monoisotopic (exact) mass is 294 g/mol. The number of benzene rings is 1. The maximum Gasteiger partial charge on any atom is 0.433 e. The van der Waals surface area contributed by atoms with Gasteiger partial charge in [-0.15, -0.1) is 0 Å². The van der Waals surface area contributed by atoms with Gasteiger partial charge in [0.25, 0.3) is 0 Å². The lowest BCUT2D eigenvalue weighted by Crippen LogP contribution is -2.22. The zero-order valence-corrected chi connectivity index (χ0v) is 11.8. The maximum absolute atomic E-state index is 10.7. The van der Waals surface area contributed by atoms with Crippen LogP contribution in [0.4, 0.5) is 5.88 Å². The van der Waals surface area contributed by atoms with Gasteiger partial charge in [-0.3, -0.25) is 10.1 Å². The summed E-state index contributed by atoms with van der Waals surface area (Å²) in [4.78, 5) is 10.1. The van der Waals surface area contributed by atoms with Gasteiger partial charge >= 0.3 is 5.88 Å². The maximum atomic E-state index is 10.7. The third-order valence-electron chi connectivity index (χ3n) is 2.92. The highest BCUT2D eigenvalue weighted by Crippen LogP contribution is 2.25. The zero-order valence-electron chi connectivity index (χ0n) is 11.0. The molecule has 1 aromatic heterocycles. The van der Waals surface area contributed by atoms with Crippen LogP contribution in [0, 0.1) is 10.1 Å². The fourth-order valence-electron chi connectivity index (χ4n) is 2.05. The number of nitrogens with one attached hydrogen (secondary N) is 1. The second-order valence-electron chi connectivity index (χ2n) is 4.38.